The lowest BCUT2D eigenvalue weighted by atomic mass is 10.1. The molecule has 1 N–H and O–H groups in total. The summed E-state index contributed by atoms with van der Waals surface area (Å²) in [5.74, 6) is 0.542. The zero-order chi connectivity index (χ0) is 12.4. The van der Waals surface area contributed by atoms with E-state index in [4.69, 9.17) is 0 Å². The van der Waals surface area contributed by atoms with Gasteiger partial charge in [0.25, 0.3) is 0 Å². The normalized spacial score (nSPS) is 10.4. The molecule has 1 aromatic carbocycles. The van der Waals surface area contributed by atoms with Crippen LogP contribution in [0.2, 0.25) is 0 Å². The number of hydrogen-bond acceptors (Lipinski definition) is 3. The Morgan fingerprint density at radius 1 is 0.944 bits per heavy atom. The molecule has 2 heterocycles. The molecule has 18 heavy (non-hydrogen) atoms. The van der Waals surface area contributed by atoms with Gasteiger partial charge in [-0.2, -0.15) is 5.10 Å². The van der Waals surface area contributed by atoms with Gasteiger partial charge in [-0.25, -0.2) is 9.67 Å². The van der Waals surface area contributed by atoms with Crippen LogP contribution in [-0.4, -0.2) is 19.9 Å². The summed E-state index contributed by atoms with van der Waals surface area (Å²) in [6.07, 6.45) is 5.22. The molecule has 0 aliphatic heterocycles. The van der Waals surface area contributed by atoms with Gasteiger partial charge in [-0.1, -0.05) is 30.3 Å². The lowest BCUT2D eigenvalue weighted by molar-refractivity contribution is 0.467. The molecule has 88 valence electrons. The third-order valence-corrected chi connectivity index (χ3v) is 2.67. The molecular formula is C14H11N3O. The molecule has 0 atom stereocenters. The fourth-order valence-corrected chi connectivity index (χ4v) is 1.78. The molecule has 2 aromatic heterocycles. The summed E-state index contributed by atoms with van der Waals surface area (Å²) in [6, 6.07) is 13.2. The van der Waals surface area contributed by atoms with Crippen LogP contribution < -0.4 is 0 Å². The second-order valence-electron chi connectivity index (χ2n) is 3.89. The molecule has 4 heteroatoms. The first-order chi connectivity index (χ1) is 8.84. The Morgan fingerprint density at radius 2 is 1.78 bits per heavy atom. The lowest BCUT2D eigenvalue weighted by Gasteiger charge is -2.01. The first-order valence-corrected chi connectivity index (χ1v) is 5.59. The second-order valence-corrected chi connectivity index (χ2v) is 3.89. The average molecular weight is 237 g/mol. The summed E-state index contributed by atoms with van der Waals surface area (Å²) >= 11 is 0. The van der Waals surface area contributed by atoms with E-state index in [2.05, 4.69) is 10.1 Å². The van der Waals surface area contributed by atoms with Gasteiger partial charge in [0.2, 0.25) is 0 Å². The van der Waals surface area contributed by atoms with Crippen molar-refractivity contribution in [3.8, 4) is 22.7 Å². The predicted molar refractivity (Wildman–Crippen MR) is 68.5 cm³/mol. The van der Waals surface area contributed by atoms with E-state index in [1.165, 1.54) is 0 Å². The highest BCUT2D eigenvalue weighted by atomic mass is 16.3. The van der Waals surface area contributed by atoms with Crippen LogP contribution >= 0.6 is 0 Å². The molecule has 0 unspecified atom stereocenters. The van der Waals surface area contributed by atoms with E-state index in [0.29, 0.717) is 5.82 Å². The van der Waals surface area contributed by atoms with E-state index in [1.807, 2.05) is 36.5 Å². The number of benzene rings is 1. The topological polar surface area (TPSA) is 50.9 Å². The molecule has 0 fully saturated rings. The Balaban J connectivity index is 2.03. The quantitative estimate of drug-likeness (QED) is 0.745. The van der Waals surface area contributed by atoms with Crippen LogP contribution in [0.5, 0.6) is 5.75 Å². The SMILES string of the molecule is Oc1cccnc1-n1cc(-c2ccccc2)cn1. The minimum Gasteiger partial charge on any atom is -0.504 e. The third kappa shape index (κ3) is 1.84. The predicted octanol–water partition coefficient (Wildman–Crippen LogP) is 2.64. The molecule has 4 nitrogen and oxygen atoms in total. The highest BCUT2D eigenvalue weighted by Crippen LogP contribution is 2.22. The van der Waals surface area contributed by atoms with Gasteiger partial charge in [0.05, 0.1) is 6.20 Å². The van der Waals surface area contributed by atoms with E-state index in [9.17, 15) is 5.11 Å². The highest BCUT2D eigenvalue weighted by molar-refractivity contribution is 5.62. The molecule has 3 aromatic rings. The Hall–Kier alpha value is -2.62. The molecule has 0 spiro atoms. The number of rotatable bonds is 2. The highest BCUT2D eigenvalue weighted by Gasteiger charge is 2.07. The van der Waals surface area contributed by atoms with Crippen molar-refractivity contribution in [3.05, 3.63) is 61.1 Å². The van der Waals surface area contributed by atoms with Crippen molar-refractivity contribution in [3.63, 3.8) is 0 Å². The number of aromatic hydroxyl groups is 1. The van der Waals surface area contributed by atoms with Crippen molar-refractivity contribution in [2.24, 2.45) is 0 Å². The zero-order valence-electron chi connectivity index (χ0n) is 9.56. The largest absolute Gasteiger partial charge is 0.504 e. The maximum absolute atomic E-state index is 9.72. The van der Waals surface area contributed by atoms with Crippen molar-refractivity contribution >= 4 is 0 Å². The molecule has 0 aliphatic carbocycles. The average Bonchev–Trinajstić information content (AvgIpc) is 2.90. The fraction of sp³-hybridized carbons (Fsp3) is 0. The summed E-state index contributed by atoms with van der Waals surface area (Å²) < 4.78 is 1.57. The first-order valence-electron chi connectivity index (χ1n) is 5.59. The van der Waals surface area contributed by atoms with Crippen LogP contribution in [0, 0.1) is 0 Å². The molecular weight excluding hydrogens is 226 g/mol. The van der Waals surface area contributed by atoms with Gasteiger partial charge in [0.15, 0.2) is 11.6 Å². The number of nitrogens with zero attached hydrogens (tertiary/aromatic N) is 3. The molecule has 0 saturated carbocycles. The van der Waals surface area contributed by atoms with Crippen LogP contribution in [0.3, 0.4) is 0 Å². The first kappa shape index (κ1) is 10.5. The van der Waals surface area contributed by atoms with Crippen LogP contribution in [0.4, 0.5) is 0 Å². The van der Waals surface area contributed by atoms with Gasteiger partial charge >= 0.3 is 0 Å². The summed E-state index contributed by atoms with van der Waals surface area (Å²) in [4.78, 5) is 4.11. The second kappa shape index (κ2) is 4.33. The molecule has 0 aliphatic rings. The zero-order valence-corrected chi connectivity index (χ0v) is 9.56. The van der Waals surface area contributed by atoms with Gasteiger partial charge in [-0.05, 0) is 17.7 Å². The van der Waals surface area contributed by atoms with Crippen molar-refractivity contribution in [2.75, 3.05) is 0 Å². The Labute approximate surface area is 104 Å². The number of aromatic nitrogens is 3. The Bertz CT molecular complexity index is 662. The third-order valence-electron chi connectivity index (χ3n) is 2.67. The monoisotopic (exact) mass is 237 g/mol. The maximum atomic E-state index is 9.72. The Morgan fingerprint density at radius 3 is 2.56 bits per heavy atom. The van der Waals surface area contributed by atoms with E-state index in [-0.39, 0.29) is 5.75 Å². The van der Waals surface area contributed by atoms with Gasteiger partial charge in [0, 0.05) is 18.0 Å². The van der Waals surface area contributed by atoms with E-state index < -0.39 is 0 Å². The van der Waals surface area contributed by atoms with Crippen molar-refractivity contribution in [1.29, 1.82) is 0 Å². The van der Waals surface area contributed by atoms with E-state index >= 15 is 0 Å². The maximum Gasteiger partial charge on any atom is 0.195 e. The van der Waals surface area contributed by atoms with Gasteiger partial charge in [0.1, 0.15) is 0 Å². The smallest absolute Gasteiger partial charge is 0.195 e. The summed E-state index contributed by atoms with van der Waals surface area (Å²) in [6.45, 7) is 0. The minimum atomic E-state index is 0.111. The van der Waals surface area contributed by atoms with Crippen molar-refractivity contribution in [1.82, 2.24) is 14.8 Å². The Kier molecular flexibility index (Phi) is 2.53. The van der Waals surface area contributed by atoms with Crippen LogP contribution in [-0.2, 0) is 0 Å². The van der Waals surface area contributed by atoms with Crippen LogP contribution in [0.1, 0.15) is 0 Å². The molecule has 0 saturated heterocycles. The standard InChI is InChI=1S/C14H11N3O/c18-13-7-4-8-15-14(13)17-10-12(9-16-17)11-5-2-1-3-6-11/h1-10,18H. The molecule has 0 bridgehead atoms. The lowest BCUT2D eigenvalue weighted by Crippen LogP contribution is -1.97. The molecule has 0 radical (unpaired) electrons. The van der Waals surface area contributed by atoms with Crippen molar-refractivity contribution < 1.29 is 5.11 Å². The summed E-state index contributed by atoms with van der Waals surface area (Å²) in [7, 11) is 0. The number of hydrogen-bond donors (Lipinski definition) is 1. The van der Waals surface area contributed by atoms with Crippen molar-refractivity contribution in [2.45, 2.75) is 0 Å². The van der Waals surface area contributed by atoms with Gasteiger partial charge in [-0.15, -0.1) is 0 Å². The van der Waals surface area contributed by atoms with Gasteiger partial charge < -0.3 is 5.11 Å². The van der Waals surface area contributed by atoms with Crippen LogP contribution in [0.25, 0.3) is 16.9 Å². The molecule has 0 amide bonds. The summed E-state index contributed by atoms with van der Waals surface area (Å²) in [5.41, 5.74) is 2.07. The minimum absolute atomic E-state index is 0.111. The van der Waals surface area contributed by atoms with E-state index in [0.717, 1.165) is 11.1 Å². The number of pyridine rings is 1. The fourth-order valence-electron chi connectivity index (χ4n) is 1.78. The molecule has 3 rings (SSSR count). The summed E-state index contributed by atoms with van der Waals surface area (Å²) in [5, 5.41) is 13.9. The van der Waals surface area contributed by atoms with Gasteiger partial charge in [-0.3, -0.25) is 0 Å². The van der Waals surface area contributed by atoms with Crippen LogP contribution in [0.15, 0.2) is 61.1 Å². The van der Waals surface area contributed by atoms with E-state index in [1.54, 1.807) is 29.2 Å².